The Balaban J connectivity index is 3.37. The Morgan fingerprint density at radius 1 is 1.50 bits per heavy atom. The van der Waals surface area contributed by atoms with Crippen LogP contribution in [0.2, 0.25) is 0 Å². The maximum absolute atomic E-state index is 6.85. The van der Waals surface area contributed by atoms with Gasteiger partial charge in [-0.3, -0.25) is 5.41 Å². The normalized spacial score (nSPS) is 9.25. The van der Waals surface area contributed by atoms with Crippen molar-refractivity contribution in [1.29, 1.82) is 5.41 Å². The van der Waals surface area contributed by atoms with Crippen molar-refractivity contribution in [3.05, 3.63) is 12.3 Å². The first-order valence-corrected chi connectivity index (χ1v) is 2.13. The van der Waals surface area contributed by atoms with Crippen molar-refractivity contribution in [2.24, 2.45) is 0 Å². The minimum Gasteiger partial charge on any atom is -0.504 e. The van der Waals surface area contributed by atoms with Crippen LogP contribution >= 0.6 is 0 Å². The molecule has 3 nitrogen and oxygen atoms in total. The minimum atomic E-state index is 0.0897. The van der Waals surface area contributed by atoms with Crippen LogP contribution in [0.3, 0.4) is 0 Å². The summed E-state index contributed by atoms with van der Waals surface area (Å²) in [5, 5.41) is 6.85. The number of methoxy groups -OCH3 is 2. The smallest absolute Gasteiger partial charge is 0.208 e. The van der Waals surface area contributed by atoms with Gasteiger partial charge in [0.15, 0.2) is 0 Å². The van der Waals surface area contributed by atoms with E-state index >= 15 is 0 Å². The molecular formula is C5H9NO2. The largest absolute Gasteiger partial charge is 0.504 e. The lowest BCUT2D eigenvalue weighted by Crippen LogP contribution is -1.91. The summed E-state index contributed by atoms with van der Waals surface area (Å²) < 4.78 is 8.98. The summed E-state index contributed by atoms with van der Waals surface area (Å²) >= 11 is 0. The van der Waals surface area contributed by atoms with Gasteiger partial charge in [-0.25, -0.2) is 0 Å². The van der Waals surface area contributed by atoms with Crippen molar-refractivity contribution < 1.29 is 9.47 Å². The lowest BCUT2D eigenvalue weighted by molar-refractivity contribution is 0.335. The van der Waals surface area contributed by atoms with Crippen LogP contribution in [0, 0.1) is 5.41 Å². The van der Waals surface area contributed by atoms with Crippen molar-refractivity contribution in [1.82, 2.24) is 0 Å². The third-order valence-electron chi connectivity index (χ3n) is 0.575. The van der Waals surface area contributed by atoms with Gasteiger partial charge in [0.2, 0.25) is 5.90 Å². The maximum Gasteiger partial charge on any atom is 0.208 e. The summed E-state index contributed by atoms with van der Waals surface area (Å²) in [4.78, 5) is 0. The number of ether oxygens (including phenoxy) is 2. The first kappa shape index (κ1) is 7.01. The molecule has 1 N–H and O–H groups in total. The van der Waals surface area contributed by atoms with Gasteiger partial charge in [-0.1, -0.05) is 0 Å². The van der Waals surface area contributed by atoms with E-state index in [9.17, 15) is 0 Å². The van der Waals surface area contributed by atoms with Crippen LogP contribution in [-0.4, -0.2) is 20.1 Å². The molecule has 0 saturated carbocycles. The predicted molar refractivity (Wildman–Crippen MR) is 30.9 cm³/mol. The maximum atomic E-state index is 6.85. The Morgan fingerprint density at radius 3 is 2.50 bits per heavy atom. The van der Waals surface area contributed by atoms with E-state index in [1.165, 1.54) is 26.6 Å². The van der Waals surface area contributed by atoms with Crippen molar-refractivity contribution in [2.45, 2.75) is 0 Å². The van der Waals surface area contributed by atoms with Gasteiger partial charge < -0.3 is 9.47 Å². The summed E-state index contributed by atoms with van der Waals surface area (Å²) in [5.74, 6) is 0.0897. The van der Waals surface area contributed by atoms with Gasteiger partial charge in [0, 0.05) is 6.08 Å². The molecule has 46 valence electrons. The molecule has 0 aromatic carbocycles. The molecule has 0 aromatic heterocycles. The molecule has 0 heterocycles. The number of hydrogen-bond acceptors (Lipinski definition) is 3. The van der Waals surface area contributed by atoms with Crippen molar-refractivity contribution >= 4 is 5.90 Å². The zero-order valence-corrected chi connectivity index (χ0v) is 4.97. The molecule has 0 unspecified atom stereocenters. The van der Waals surface area contributed by atoms with Crippen LogP contribution in [0.1, 0.15) is 0 Å². The first-order valence-electron chi connectivity index (χ1n) is 2.13. The second-order valence-corrected chi connectivity index (χ2v) is 1.11. The van der Waals surface area contributed by atoms with Crippen LogP contribution in [0.5, 0.6) is 0 Å². The summed E-state index contributed by atoms with van der Waals surface area (Å²) in [7, 11) is 2.95. The molecule has 0 aliphatic heterocycles. The predicted octanol–water partition coefficient (Wildman–Crippen LogP) is 0.770. The van der Waals surface area contributed by atoms with E-state index in [-0.39, 0.29) is 5.90 Å². The van der Waals surface area contributed by atoms with Crippen LogP contribution in [0.4, 0.5) is 0 Å². The number of rotatable bonds is 2. The molecule has 0 saturated heterocycles. The Hall–Kier alpha value is -0.990. The van der Waals surface area contributed by atoms with E-state index in [2.05, 4.69) is 9.47 Å². The van der Waals surface area contributed by atoms with Crippen molar-refractivity contribution in [3.63, 3.8) is 0 Å². The molecule has 0 aromatic rings. The summed E-state index contributed by atoms with van der Waals surface area (Å²) in [5.41, 5.74) is 0. The van der Waals surface area contributed by atoms with Gasteiger partial charge in [-0.05, 0) is 0 Å². The fourth-order valence-electron chi connectivity index (χ4n) is 0.198. The molecule has 0 atom stereocenters. The summed E-state index contributed by atoms with van der Waals surface area (Å²) in [6.07, 6.45) is 2.80. The second kappa shape index (κ2) is 4.18. The molecule has 0 spiro atoms. The van der Waals surface area contributed by atoms with Gasteiger partial charge in [0.1, 0.15) is 0 Å². The Kier molecular flexibility index (Phi) is 3.66. The van der Waals surface area contributed by atoms with Crippen LogP contribution in [-0.2, 0) is 9.47 Å². The summed E-state index contributed by atoms with van der Waals surface area (Å²) in [6.45, 7) is 0. The standard InChI is InChI=1S/C5H9NO2/c1-7-4-3-5(6)8-2/h3-4,6H,1-2H3/b4-3+,6-5?. The molecule has 0 radical (unpaired) electrons. The zero-order chi connectivity index (χ0) is 6.41. The third kappa shape index (κ3) is 3.21. The fourth-order valence-corrected chi connectivity index (χ4v) is 0.198. The van der Waals surface area contributed by atoms with Gasteiger partial charge in [-0.2, -0.15) is 0 Å². The lowest BCUT2D eigenvalue weighted by Gasteiger charge is -1.91. The number of hydrogen-bond donors (Lipinski definition) is 1. The molecule has 0 fully saturated rings. The highest BCUT2D eigenvalue weighted by Gasteiger charge is 1.80. The minimum absolute atomic E-state index is 0.0897. The molecule has 3 heteroatoms. The van der Waals surface area contributed by atoms with Crippen LogP contribution in [0.25, 0.3) is 0 Å². The zero-order valence-electron chi connectivity index (χ0n) is 4.97. The Labute approximate surface area is 48.4 Å². The van der Waals surface area contributed by atoms with E-state index in [0.717, 1.165) is 0 Å². The Bertz CT molecular complexity index is 98.6. The molecule has 0 aliphatic rings. The molecule has 8 heavy (non-hydrogen) atoms. The lowest BCUT2D eigenvalue weighted by atomic mass is 10.6. The third-order valence-corrected chi connectivity index (χ3v) is 0.575. The molecule has 0 aliphatic carbocycles. The van der Waals surface area contributed by atoms with E-state index in [1.807, 2.05) is 0 Å². The highest BCUT2D eigenvalue weighted by Crippen LogP contribution is 1.76. The van der Waals surface area contributed by atoms with E-state index in [0.29, 0.717) is 0 Å². The Morgan fingerprint density at radius 2 is 2.12 bits per heavy atom. The topological polar surface area (TPSA) is 42.3 Å². The van der Waals surface area contributed by atoms with Crippen molar-refractivity contribution in [3.8, 4) is 0 Å². The molecule has 0 amide bonds. The SMILES string of the molecule is CO/C=C/C(=N)OC. The van der Waals surface area contributed by atoms with E-state index < -0.39 is 0 Å². The molecule has 0 bridgehead atoms. The monoisotopic (exact) mass is 115 g/mol. The van der Waals surface area contributed by atoms with Crippen LogP contribution < -0.4 is 0 Å². The average molecular weight is 115 g/mol. The first-order chi connectivity index (χ1) is 3.81. The van der Waals surface area contributed by atoms with Gasteiger partial charge in [0.25, 0.3) is 0 Å². The average Bonchev–Trinajstić information content (AvgIpc) is 1.83. The molecule has 0 rings (SSSR count). The highest BCUT2D eigenvalue weighted by atomic mass is 16.5. The molecular weight excluding hydrogens is 106 g/mol. The summed E-state index contributed by atoms with van der Waals surface area (Å²) in [6, 6.07) is 0. The number of nitrogens with one attached hydrogen (secondary N) is 1. The van der Waals surface area contributed by atoms with E-state index in [4.69, 9.17) is 5.41 Å². The quantitative estimate of drug-likeness (QED) is 0.328. The van der Waals surface area contributed by atoms with Gasteiger partial charge in [0.05, 0.1) is 20.5 Å². The van der Waals surface area contributed by atoms with E-state index in [1.54, 1.807) is 0 Å². The highest BCUT2D eigenvalue weighted by molar-refractivity contribution is 5.84. The fraction of sp³-hybridized carbons (Fsp3) is 0.400. The second-order valence-electron chi connectivity index (χ2n) is 1.11. The van der Waals surface area contributed by atoms with Gasteiger partial charge in [-0.15, -0.1) is 0 Å². The van der Waals surface area contributed by atoms with Crippen LogP contribution in [0.15, 0.2) is 12.3 Å². The van der Waals surface area contributed by atoms with Gasteiger partial charge >= 0.3 is 0 Å². The van der Waals surface area contributed by atoms with Crippen molar-refractivity contribution in [2.75, 3.05) is 14.2 Å².